The number of aliphatic hydroxyl groups excluding tert-OH is 1. The van der Waals surface area contributed by atoms with Gasteiger partial charge in [-0.15, -0.1) is 0 Å². The summed E-state index contributed by atoms with van der Waals surface area (Å²) in [7, 11) is 0. The summed E-state index contributed by atoms with van der Waals surface area (Å²) < 4.78 is 0. The van der Waals surface area contributed by atoms with Crippen LogP contribution in [0.1, 0.15) is 38.2 Å². The lowest BCUT2D eigenvalue weighted by Crippen LogP contribution is -2.43. The zero-order valence-electron chi connectivity index (χ0n) is 11.0. The monoisotopic (exact) mass is 249 g/mol. The minimum Gasteiger partial charge on any atom is -0.508 e. The highest BCUT2D eigenvalue weighted by Crippen LogP contribution is 2.35. The normalized spacial score (nSPS) is 28.2. The summed E-state index contributed by atoms with van der Waals surface area (Å²) >= 11 is 0. The third-order valence-corrected chi connectivity index (χ3v) is 4.12. The molecule has 0 saturated heterocycles. The number of phenols is 1. The smallest absolute Gasteiger partial charge is 0.120 e. The molecule has 0 heterocycles. The summed E-state index contributed by atoms with van der Waals surface area (Å²) in [5.41, 5.74) is 0.884. The second kappa shape index (κ2) is 5.72. The van der Waals surface area contributed by atoms with Crippen LogP contribution in [0.5, 0.6) is 5.75 Å². The van der Waals surface area contributed by atoms with Crippen molar-refractivity contribution in [1.82, 2.24) is 5.32 Å². The maximum absolute atomic E-state index is 10.1. The van der Waals surface area contributed by atoms with Crippen molar-refractivity contribution >= 4 is 0 Å². The van der Waals surface area contributed by atoms with Crippen molar-refractivity contribution in [2.45, 2.75) is 45.3 Å². The van der Waals surface area contributed by atoms with Crippen molar-refractivity contribution in [3.63, 3.8) is 0 Å². The molecule has 1 aliphatic rings. The zero-order valence-corrected chi connectivity index (χ0v) is 11.0. The predicted molar refractivity (Wildman–Crippen MR) is 72.4 cm³/mol. The van der Waals surface area contributed by atoms with Crippen LogP contribution in [0.3, 0.4) is 0 Å². The molecule has 0 aromatic heterocycles. The molecule has 1 aromatic carbocycles. The molecule has 0 spiro atoms. The Morgan fingerprint density at radius 2 is 2.11 bits per heavy atom. The van der Waals surface area contributed by atoms with E-state index in [1.54, 1.807) is 6.07 Å². The van der Waals surface area contributed by atoms with Gasteiger partial charge in [-0.05, 0) is 18.9 Å². The number of aromatic hydroxyl groups is 1. The van der Waals surface area contributed by atoms with Gasteiger partial charge in [-0.2, -0.15) is 0 Å². The fourth-order valence-electron chi connectivity index (χ4n) is 2.73. The molecule has 3 N–H and O–H groups in total. The zero-order chi connectivity index (χ0) is 13.0. The predicted octanol–water partition coefficient (Wildman–Crippen LogP) is 2.42. The highest BCUT2D eigenvalue weighted by atomic mass is 16.3. The van der Waals surface area contributed by atoms with Gasteiger partial charge >= 0.3 is 0 Å². The molecule has 3 heteroatoms. The van der Waals surface area contributed by atoms with Crippen LogP contribution in [0.2, 0.25) is 0 Å². The number of nitrogens with one attached hydrogen (secondary N) is 1. The average Bonchev–Trinajstić information content (AvgIpc) is 2.36. The average molecular weight is 249 g/mol. The highest BCUT2D eigenvalue weighted by Gasteiger charge is 2.34. The molecule has 0 bridgehead atoms. The minimum atomic E-state index is -0.205. The summed E-state index contributed by atoms with van der Waals surface area (Å²) in [6.07, 6.45) is 4.11. The van der Waals surface area contributed by atoms with Crippen LogP contribution in [0.15, 0.2) is 24.3 Å². The van der Waals surface area contributed by atoms with E-state index >= 15 is 0 Å². The van der Waals surface area contributed by atoms with Crippen LogP contribution in [-0.4, -0.2) is 22.9 Å². The molecule has 0 radical (unpaired) electrons. The number of hydrogen-bond acceptors (Lipinski definition) is 3. The Kier molecular flexibility index (Phi) is 4.25. The van der Waals surface area contributed by atoms with E-state index in [-0.39, 0.29) is 11.5 Å². The standard InChI is InChI=1S/C15H23NO2/c1-15(9-5-4-8-14(15)18)11-16-10-12-6-2-3-7-13(12)17/h2-3,6-7,14,16-18H,4-5,8-11H2,1H3. The van der Waals surface area contributed by atoms with Gasteiger partial charge in [0.05, 0.1) is 6.10 Å². The van der Waals surface area contributed by atoms with Gasteiger partial charge in [0, 0.05) is 24.1 Å². The van der Waals surface area contributed by atoms with Gasteiger partial charge in [0.25, 0.3) is 0 Å². The number of aliphatic hydroxyl groups is 1. The van der Waals surface area contributed by atoms with Crippen LogP contribution >= 0.6 is 0 Å². The van der Waals surface area contributed by atoms with Crippen molar-refractivity contribution in [2.24, 2.45) is 5.41 Å². The van der Waals surface area contributed by atoms with E-state index in [1.807, 2.05) is 18.2 Å². The molecular weight excluding hydrogens is 226 g/mol. The Balaban J connectivity index is 1.86. The Labute approximate surface area is 109 Å². The van der Waals surface area contributed by atoms with E-state index in [0.29, 0.717) is 12.3 Å². The van der Waals surface area contributed by atoms with Crippen molar-refractivity contribution in [3.05, 3.63) is 29.8 Å². The lowest BCUT2D eigenvalue weighted by molar-refractivity contribution is 0.00113. The van der Waals surface area contributed by atoms with Crippen LogP contribution in [0.4, 0.5) is 0 Å². The van der Waals surface area contributed by atoms with E-state index < -0.39 is 0 Å². The van der Waals surface area contributed by atoms with E-state index in [1.165, 1.54) is 6.42 Å². The van der Waals surface area contributed by atoms with Gasteiger partial charge in [-0.3, -0.25) is 0 Å². The lowest BCUT2D eigenvalue weighted by atomic mass is 9.73. The van der Waals surface area contributed by atoms with Crippen LogP contribution in [0.25, 0.3) is 0 Å². The number of hydrogen-bond donors (Lipinski definition) is 3. The van der Waals surface area contributed by atoms with Gasteiger partial charge < -0.3 is 15.5 Å². The van der Waals surface area contributed by atoms with Gasteiger partial charge in [-0.25, -0.2) is 0 Å². The maximum Gasteiger partial charge on any atom is 0.120 e. The third kappa shape index (κ3) is 3.03. The molecule has 1 aromatic rings. The van der Waals surface area contributed by atoms with E-state index in [9.17, 15) is 10.2 Å². The van der Waals surface area contributed by atoms with Crippen molar-refractivity contribution in [3.8, 4) is 5.75 Å². The Bertz CT molecular complexity index is 394. The summed E-state index contributed by atoms with van der Waals surface area (Å²) in [6.45, 7) is 3.59. The number of phenolic OH excluding ortho intramolecular Hbond substituents is 1. The maximum atomic E-state index is 10.1. The van der Waals surface area contributed by atoms with E-state index in [0.717, 1.165) is 31.4 Å². The molecule has 100 valence electrons. The SMILES string of the molecule is CC1(CNCc2ccccc2O)CCCCC1O. The fraction of sp³-hybridized carbons (Fsp3) is 0.600. The number of para-hydroxylation sites is 1. The Morgan fingerprint density at radius 3 is 2.83 bits per heavy atom. The van der Waals surface area contributed by atoms with Crippen LogP contribution in [0, 0.1) is 5.41 Å². The lowest BCUT2D eigenvalue weighted by Gasteiger charge is -2.38. The quantitative estimate of drug-likeness (QED) is 0.768. The molecule has 2 unspecified atom stereocenters. The first-order valence-corrected chi connectivity index (χ1v) is 6.77. The first kappa shape index (κ1) is 13.4. The van der Waals surface area contributed by atoms with Gasteiger partial charge in [-0.1, -0.05) is 38.0 Å². The van der Waals surface area contributed by atoms with E-state index in [4.69, 9.17) is 0 Å². The molecule has 0 aliphatic heterocycles. The number of benzene rings is 1. The molecule has 1 aliphatic carbocycles. The molecular formula is C15H23NO2. The molecule has 1 saturated carbocycles. The number of rotatable bonds is 4. The van der Waals surface area contributed by atoms with Gasteiger partial charge in [0.2, 0.25) is 0 Å². The topological polar surface area (TPSA) is 52.5 Å². The Morgan fingerprint density at radius 1 is 1.33 bits per heavy atom. The van der Waals surface area contributed by atoms with Crippen LogP contribution < -0.4 is 5.32 Å². The highest BCUT2D eigenvalue weighted by molar-refractivity contribution is 5.31. The Hall–Kier alpha value is -1.06. The molecule has 2 atom stereocenters. The van der Waals surface area contributed by atoms with Gasteiger partial charge in [0.15, 0.2) is 0 Å². The van der Waals surface area contributed by atoms with E-state index in [2.05, 4.69) is 12.2 Å². The molecule has 1 fully saturated rings. The molecule has 0 amide bonds. The second-order valence-corrected chi connectivity index (χ2v) is 5.65. The van der Waals surface area contributed by atoms with Gasteiger partial charge in [0.1, 0.15) is 5.75 Å². The summed E-state index contributed by atoms with van der Waals surface area (Å²) in [5, 5.41) is 23.1. The summed E-state index contributed by atoms with van der Waals surface area (Å²) in [5.74, 6) is 0.333. The molecule has 3 nitrogen and oxygen atoms in total. The minimum absolute atomic E-state index is 0.0251. The molecule has 18 heavy (non-hydrogen) atoms. The first-order chi connectivity index (χ1) is 8.62. The second-order valence-electron chi connectivity index (χ2n) is 5.65. The third-order valence-electron chi connectivity index (χ3n) is 4.12. The summed E-state index contributed by atoms with van der Waals surface area (Å²) in [4.78, 5) is 0. The molecule has 2 rings (SSSR count). The summed E-state index contributed by atoms with van der Waals surface area (Å²) in [6, 6.07) is 7.37. The first-order valence-electron chi connectivity index (χ1n) is 6.77. The largest absolute Gasteiger partial charge is 0.508 e. The van der Waals surface area contributed by atoms with Crippen molar-refractivity contribution in [1.29, 1.82) is 0 Å². The van der Waals surface area contributed by atoms with Crippen molar-refractivity contribution in [2.75, 3.05) is 6.54 Å². The fourth-order valence-corrected chi connectivity index (χ4v) is 2.73. The van der Waals surface area contributed by atoms with Crippen molar-refractivity contribution < 1.29 is 10.2 Å². The van der Waals surface area contributed by atoms with Crippen LogP contribution in [-0.2, 0) is 6.54 Å².